The Labute approximate surface area is 106 Å². The van der Waals surface area contributed by atoms with Gasteiger partial charge in [0.2, 0.25) is 0 Å². The number of H-pyrrole nitrogens is 1. The summed E-state index contributed by atoms with van der Waals surface area (Å²) in [5, 5.41) is 19.3. The van der Waals surface area contributed by atoms with Crippen molar-refractivity contribution < 1.29 is 9.90 Å². The molecule has 1 amide bonds. The van der Waals surface area contributed by atoms with Crippen molar-refractivity contribution in [3.63, 3.8) is 0 Å². The molecule has 0 saturated heterocycles. The third-order valence-corrected chi connectivity index (χ3v) is 3.31. The number of rotatable bonds is 5. The smallest absolute Gasteiger partial charge is 0.252 e. The molecule has 1 heterocycles. The minimum atomic E-state index is -1.16. The summed E-state index contributed by atoms with van der Waals surface area (Å²) in [5.41, 5.74) is -1.08. The number of aromatic amines is 1. The molecule has 1 aliphatic carbocycles. The van der Waals surface area contributed by atoms with Crippen molar-refractivity contribution in [1.29, 1.82) is 0 Å². The number of aromatic nitrogens is 3. The van der Waals surface area contributed by atoms with E-state index in [0.29, 0.717) is 19.4 Å². The van der Waals surface area contributed by atoms with Gasteiger partial charge >= 0.3 is 0 Å². The van der Waals surface area contributed by atoms with Gasteiger partial charge in [-0.1, -0.05) is 13.8 Å². The summed E-state index contributed by atoms with van der Waals surface area (Å²) in [5.74, 6) is 0.562. The van der Waals surface area contributed by atoms with E-state index in [2.05, 4.69) is 34.3 Å². The van der Waals surface area contributed by atoms with Crippen molar-refractivity contribution in [2.24, 2.45) is 5.41 Å². The Morgan fingerprint density at radius 3 is 2.83 bits per heavy atom. The van der Waals surface area contributed by atoms with Gasteiger partial charge in [0.1, 0.15) is 17.8 Å². The van der Waals surface area contributed by atoms with E-state index in [9.17, 15) is 9.90 Å². The second-order valence-electron chi connectivity index (χ2n) is 5.84. The van der Waals surface area contributed by atoms with Crippen molar-refractivity contribution in [2.75, 3.05) is 6.54 Å². The summed E-state index contributed by atoms with van der Waals surface area (Å²) in [6.07, 6.45) is 4.06. The van der Waals surface area contributed by atoms with Crippen molar-refractivity contribution in [1.82, 2.24) is 20.5 Å². The van der Waals surface area contributed by atoms with E-state index in [-0.39, 0.29) is 11.3 Å². The first-order chi connectivity index (χ1) is 8.41. The number of hydrogen-bond donors (Lipinski definition) is 3. The third-order valence-electron chi connectivity index (χ3n) is 3.31. The molecule has 0 unspecified atom stereocenters. The van der Waals surface area contributed by atoms with Crippen LogP contribution in [-0.4, -0.2) is 38.3 Å². The highest BCUT2D eigenvalue weighted by Crippen LogP contribution is 2.47. The number of nitrogens with one attached hydrogen (secondary N) is 2. The van der Waals surface area contributed by atoms with Crippen molar-refractivity contribution >= 4 is 5.91 Å². The van der Waals surface area contributed by atoms with E-state index in [1.54, 1.807) is 0 Å². The molecule has 1 fully saturated rings. The lowest BCUT2D eigenvalue weighted by atomic mass is 9.61. The molecule has 3 N–H and O–H groups in total. The highest BCUT2D eigenvalue weighted by atomic mass is 16.3. The first-order valence-electron chi connectivity index (χ1n) is 6.26. The maximum atomic E-state index is 11.8. The van der Waals surface area contributed by atoms with Crippen LogP contribution in [0.25, 0.3) is 0 Å². The first kappa shape index (κ1) is 13.0. The topological polar surface area (TPSA) is 90.9 Å². The maximum absolute atomic E-state index is 11.8. The second-order valence-corrected chi connectivity index (χ2v) is 5.84. The fraction of sp³-hybridized carbons (Fsp3) is 0.750. The van der Waals surface area contributed by atoms with Gasteiger partial charge < -0.3 is 10.4 Å². The summed E-state index contributed by atoms with van der Waals surface area (Å²) in [4.78, 5) is 15.8. The fourth-order valence-corrected chi connectivity index (χ4v) is 2.67. The van der Waals surface area contributed by atoms with Crippen LogP contribution in [0.5, 0.6) is 0 Å². The van der Waals surface area contributed by atoms with E-state index in [1.165, 1.54) is 6.33 Å². The first-order valence-corrected chi connectivity index (χ1v) is 6.26. The molecule has 100 valence electrons. The van der Waals surface area contributed by atoms with Gasteiger partial charge in [0.05, 0.1) is 0 Å². The number of hydrogen-bond acceptors (Lipinski definition) is 4. The highest BCUT2D eigenvalue weighted by molar-refractivity contribution is 5.86. The lowest BCUT2D eigenvalue weighted by Crippen LogP contribution is -2.58. The standard InChI is InChI=1S/C12H20N4O2/c1-11(2)6-12(18,7-11)10(17)13-5-3-4-9-14-8-15-16-9/h8,18H,3-7H2,1-2H3,(H,13,17)(H,14,15,16). The van der Waals surface area contributed by atoms with E-state index >= 15 is 0 Å². The summed E-state index contributed by atoms with van der Waals surface area (Å²) in [6.45, 7) is 4.65. The van der Waals surface area contributed by atoms with E-state index < -0.39 is 5.60 Å². The zero-order chi connectivity index (χ0) is 13.2. The van der Waals surface area contributed by atoms with Crippen LogP contribution in [-0.2, 0) is 11.2 Å². The van der Waals surface area contributed by atoms with Crippen LogP contribution >= 0.6 is 0 Å². The molecule has 0 aromatic carbocycles. The number of nitrogens with zero attached hydrogens (tertiary/aromatic N) is 2. The Morgan fingerprint density at radius 2 is 2.28 bits per heavy atom. The molecule has 1 aliphatic rings. The summed E-state index contributed by atoms with van der Waals surface area (Å²) in [7, 11) is 0. The van der Waals surface area contributed by atoms with Gasteiger partial charge in [0.25, 0.3) is 5.91 Å². The Hall–Kier alpha value is -1.43. The number of carbonyl (C=O) groups is 1. The number of aryl methyl sites for hydroxylation is 1. The molecular formula is C12H20N4O2. The molecule has 0 aliphatic heterocycles. The van der Waals surface area contributed by atoms with Gasteiger partial charge in [-0.2, -0.15) is 5.10 Å². The Kier molecular flexibility index (Phi) is 3.38. The van der Waals surface area contributed by atoms with Crippen LogP contribution in [0.2, 0.25) is 0 Å². The largest absolute Gasteiger partial charge is 0.380 e. The molecule has 1 aromatic rings. The van der Waals surface area contributed by atoms with Gasteiger partial charge in [-0.3, -0.25) is 9.89 Å². The van der Waals surface area contributed by atoms with E-state index in [4.69, 9.17) is 0 Å². The SMILES string of the molecule is CC1(C)CC(O)(C(=O)NCCCc2ncn[nH]2)C1. The van der Waals surface area contributed by atoms with E-state index in [1.807, 2.05) is 0 Å². The molecule has 0 bridgehead atoms. The molecule has 2 rings (SSSR count). The van der Waals surface area contributed by atoms with Gasteiger partial charge in [0.15, 0.2) is 0 Å². The Balaban J connectivity index is 1.67. The number of carbonyl (C=O) groups excluding carboxylic acids is 1. The quantitative estimate of drug-likeness (QED) is 0.662. The zero-order valence-electron chi connectivity index (χ0n) is 10.9. The summed E-state index contributed by atoms with van der Waals surface area (Å²) < 4.78 is 0. The van der Waals surface area contributed by atoms with Crippen LogP contribution in [0.15, 0.2) is 6.33 Å². The van der Waals surface area contributed by atoms with Crippen LogP contribution in [0.1, 0.15) is 38.9 Å². The second kappa shape index (κ2) is 4.68. The van der Waals surface area contributed by atoms with Crippen LogP contribution in [0.3, 0.4) is 0 Å². The molecule has 6 nitrogen and oxygen atoms in total. The minimum absolute atomic E-state index is 0.0753. The predicted molar refractivity (Wildman–Crippen MR) is 65.7 cm³/mol. The van der Waals surface area contributed by atoms with Crippen LogP contribution < -0.4 is 5.32 Å². The molecular weight excluding hydrogens is 232 g/mol. The monoisotopic (exact) mass is 252 g/mol. The Bertz CT molecular complexity index is 406. The Morgan fingerprint density at radius 1 is 1.56 bits per heavy atom. The van der Waals surface area contributed by atoms with Crippen molar-refractivity contribution in [2.45, 2.75) is 45.1 Å². The lowest BCUT2D eigenvalue weighted by Gasteiger charge is -2.48. The normalized spacial score (nSPS) is 20.2. The predicted octanol–water partition coefficient (Wildman–Crippen LogP) is 0.405. The minimum Gasteiger partial charge on any atom is -0.380 e. The number of aliphatic hydroxyl groups is 1. The van der Waals surface area contributed by atoms with Gasteiger partial charge in [0, 0.05) is 13.0 Å². The van der Waals surface area contributed by atoms with Crippen LogP contribution in [0, 0.1) is 5.41 Å². The maximum Gasteiger partial charge on any atom is 0.252 e. The molecule has 0 atom stereocenters. The fourth-order valence-electron chi connectivity index (χ4n) is 2.67. The van der Waals surface area contributed by atoms with Crippen LogP contribution in [0.4, 0.5) is 0 Å². The third kappa shape index (κ3) is 2.87. The van der Waals surface area contributed by atoms with E-state index in [0.717, 1.165) is 18.7 Å². The molecule has 1 aromatic heterocycles. The summed E-state index contributed by atoms with van der Waals surface area (Å²) >= 11 is 0. The molecule has 1 saturated carbocycles. The van der Waals surface area contributed by atoms with Crippen molar-refractivity contribution in [3.8, 4) is 0 Å². The zero-order valence-corrected chi connectivity index (χ0v) is 10.9. The molecule has 18 heavy (non-hydrogen) atoms. The average molecular weight is 252 g/mol. The van der Waals surface area contributed by atoms with Gasteiger partial charge in [-0.05, 0) is 24.7 Å². The average Bonchev–Trinajstić information content (AvgIpc) is 2.73. The molecule has 6 heteroatoms. The van der Waals surface area contributed by atoms with Gasteiger partial charge in [-0.25, -0.2) is 4.98 Å². The summed E-state index contributed by atoms with van der Waals surface area (Å²) in [6, 6.07) is 0. The molecule has 0 radical (unpaired) electrons. The van der Waals surface area contributed by atoms with Gasteiger partial charge in [-0.15, -0.1) is 0 Å². The highest BCUT2D eigenvalue weighted by Gasteiger charge is 2.52. The van der Waals surface area contributed by atoms with Crippen molar-refractivity contribution in [3.05, 3.63) is 12.2 Å². The number of amides is 1. The lowest BCUT2D eigenvalue weighted by molar-refractivity contribution is -0.164. The molecule has 0 spiro atoms.